The summed E-state index contributed by atoms with van der Waals surface area (Å²) in [6, 6.07) is 0. The minimum atomic E-state index is -0.491. The molecular formula is C12H16N6O2. The van der Waals surface area contributed by atoms with E-state index in [1.165, 1.54) is 4.68 Å². The van der Waals surface area contributed by atoms with Gasteiger partial charge in [-0.2, -0.15) is 4.68 Å². The first kappa shape index (κ1) is 13.9. The number of hydrogen-bond acceptors (Lipinski definition) is 6. The fraction of sp³-hybridized carbons (Fsp3) is 0.417. The average molecular weight is 276 g/mol. The van der Waals surface area contributed by atoms with Crippen LogP contribution in [-0.4, -0.2) is 31.2 Å². The molecule has 2 aromatic rings. The van der Waals surface area contributed by atoms with E-state index in [2.05, 4.69) is 27.3 Å². The molecule has 0 spiro atoms. The van der Waals surface area contributed by atoms with Gasteiger partial charge in [0.25, 0.3) is 0 Å². The number of rotatable bonds is 6. The van der Waals surface area contributed by atoms with Crippen molar-refractivity contribution in [2.45, 2.75) is 26.8 Å². The van der Waals surface area contributed by atoms with E-state index >= 15 is 0 Å². The van der Waals surface area contributed by atoms with E-state index in [1.807, 2.05) is 0 Å². The van der Waals surface area contributed by atoms with Crippen LogP contribution in [-0.2, 0) is 6.54 Å². The highest BCUT2D eigenvalue weighted by Crippen LogP contribution is 2.14. The number of anilines is 1. The number of nitro groups is 1. The van der Waals surface area contributed by atoms with Crippen LogP contribution in [0.2, 0.25) is 0 Å². The van der Waals surface area contributed by atoms with Gasteiger partial charge in [-0.05, 0) is 18.3 Å². The van der Waals surface area contributed by atoms with Crippen LogP contribution >= 0.6 is 0 Å². The topological polar surface area (TPSA) is 98.8 Å². The van der Waals surface area contributed by atoms with E-state index in [-0.39, 0.29) is 5.82 Å². The van der Waals surface area contributed by atoms with Gasteiger partial charge in [0.2, 0.25) is 0 Å². The maximum Gasteiger partial charge on any atom is 0.392 e. The summed E-state index contributed by atoms with van der Waals surface area (Å²) in [5.74, 6) is 0.595. The zero-order chi connectivity index (χ0) is 14.5. The molecule has 0 unspecified atom stereocenters. The predicted molar refractivity (Wildman–Crippen MR) is 73.5 cm³/mol. The lowest BCUT2D eigenvalue weighted by Gasteiger charge is -2.03. The van der Waals surface area contributed by atoms with E-state index in [1.54, 1.807) is 25.5 Å². The quantitative estimate of drug-likeness (QED) is 0.637. The van der Waals surface area contributed by atoms with Crippen molar-refractivity contribution < 1.29 is 4.92 Å². The largest absolute Gasteiger partial charge is 0.392 e. The normalized spacial score (nSPS) is 10.5. The Bertz CT molecular complexity index is 592. The summed E-state index contributed by atoms with van der Waals surface area (Å²) in [6.45, 7) is 4.93. The molecule has 1 N–H and O–H groups in total. The van der Waals surface area contributed by atoms with E-state index in [4.69, 9.17) is 0 Å². The van der Waals surface area contributed by atoms with E-state index < -0.39 is 4.92 Å². The molecule has 0 radical (unpaired) electrons. The van der Waals surface area contributed by atoms with Gasteiger partial charge in [-0.3, -0.25) is 4.98 Å². The van der Waals surface area contributed by atoms with Crippen molar-refractivity contribution in [1.29, 1.82) is 0 Å². The summed E-state index contributed by atoms with van der Waals surface area (Å²) >= 11 is 0. The maximum absolute atomic E-state index is 10.7. The number of nitrogens with zero attached hydrogens (tertiary/aromatic N) is 5. The molecule has 2 aromatic heterocycles. The lowest BCUT2D eigenvalue weighted by molar-refractivity contribution is -0.390. The van der Waals surface area contributed by atoms with Gasteiger partial charge in [0, 0.05) is 6.54 Å². The molecule has 0 aliphatic carbocycles. The third kappa shape index (κ3) is 3.28. The molecule has 0 bridgehead atoms. The molecular weight excluding hydrogens is 260 g/mol. The lowest BCUT2D eigenvalue weighted by atomic mass is 10.4. The van der Waals surface area contributed by atoms with E-state index in [0.717, 1.165) is 18.8 Å². The Labute approximate surface area is 116 Å². The first-order valence-corrected chi connectivity index (χ1v) is 6.33. The molecule has 0 aliphatic heterocycles. The van der Waals surface area contributed by atoms with Crippen LogP contribution in [0.4, 0.5) is 11.6 Å². The predicted octanol–water partition coefficient (Wildman–Crippen LogP) is 1.76. The molecule has 0 saturated carbocycles. The molecule has 0 atom stereocenters. The van der Waals surface area contributed by atoms with Gasteiger partial charge >= 0.3 is 5.82 Å². The first-order valence-electron chi connectivity index (χ1n) is 6.33. The van der Waals surface area contributed by atoms with Crippen molar-refractivity contribution >= 4 is 11.6 Å². The number of hydrogen-bond donors (Lipinski definition) is 1. The fourth-order valence-electron chi connectivity index (χ4n) is 1.72. The lowest BCUT2D eigenvalue weighted by Crippen LogP contribution is -2.06. The highest BCUT2D eigenvalue weighted by atomic mass is 16.6. The molecule has 0 aliphatic rings. The van der Waals surface area contributed by atoms with Gasteiger partial charge < -0.3 is 15.4 Å². The van der Waals surface area contributed by atoms with Crippen LogP contribution in [0.25, 0.3) is 0 Å². The summed E-state index contributed by atoms with van der Waals surface area (Å²) in [6.07, 6.45) is 5.93. The minimum absolute atomic E-state index is 0.126. The monoisotopic (exact) mass is 276 g/mol. The van der Waals surface area contributed by atoms with Gasteiger partial charge in [-0.15, -0.1) is 0 Å². The summed E-state index contributed by atoms with van der Waals surface area (Å²) in [5, 5.41) is 17.8. The molecule has 2 rings (SSSR count). The van der Waals surface area contributed by atoms with Gasteiger partial charge in [0.05, 0.1) is 34.9 Å². The van der Waals surface area contributed by atoms with Crippen molar-refractivity contribution in [1.82, 2.24) is 19.7 Å². The van der Waals surface area contributed by atoms with Crippen molar-refractivity contribution in [2.75, 3.05) is 11.9 Å². The van der Waals surface area contributed by atoms with Crippen LogP contribution in [0.5, 0.6) is 0 Å². The molecule has 0 amide bonds. The van der Waals surface area contributed by atoms with Gasteiger partial charge in [-0.25, -0.2) is 4.98 Å². The molecule has 106 valence electrons. The van der Waals surface area contributed by atoms with Crippen LogP contribution in [0.3, 0.4) is 0 Å². The standard InChI is InChI=1S/C12H16N6O2/c1-3-4-13-11-6-14-10(5-15-11)8-17-7-9(2)12(16-17)18(19)20/h5-7H,3-4,8H2,1-2H3,(H,13,15). The van der Waals surface area contributed by atoms with Crippen molar-refractivity contribution in [3.05, 3.63) is 40.0 Å². The Morgan fingerprint density at radius 3 is 2.75 bits per heavy atom. The summed E-state index contributed by atoms with van der Waals surface area (Å²) in [7, 11) is 0. The SMILES string of the molecule is CCCNc1cnc(Cn2cc(C)c([N+](=O)[O-])n2)cn1. The Morgan fingerprint density at radius 2 is 2.20 bits per heavy atom. The number of nitrogens with one attached hydrogen (secondary N) is 1. The second-order valence-corrected chi connectivity index (χ2v) is 4.41. The van der Waals surface area contributed by atoms with Gasteiger partial charge in [-0.1, -0.05) is 6.92 Å². The minimum Gasteiger partial charge on any atom is -0.369 e. The zero-order valence-electron chi connectivity index (χ0n) is 11.4. The molecule has 2 heterocycles. The zero-order valence-corrected chi connectivity index (χ0v) is 11.4. The summed E-state index contributed by atoms with van der Waals surface area (Å²) < 4.78 is 1.50. The molecule has 20 heavy (non-hydrogen) atoms. The highest BCUT2D eigenvalue weighted by molar-refractivity contribution is 5.31. The molecule has 0 saturated heterocycles. The Balaban J connectivity index is 2.06. The Hall–Kier alpha value is -2.51. The van der Waals surface area contributed by atoms with E-state index in [0.29, 0.717) is 17.8 Å². The second kappa shape index (κ2) is 6.09. The smallest absolute Gasteiger partial charge is 0.369 e. The number of aromatic nitrogens is 4. The van der Waals surface area contributed by atoms with Crippen molar-refractivity contribution in [3.8, 4) is 0 Å². The Morgan fingerprint density at radius 1 is 1.40 bits per heavy atom. The van der Waals surface area contributed by atoms with Crippen LogP contribution < -0.4 is 5.32 Å². The second-order valence-electron chi connectivity index (χ2n) is 4.41. The van der Waals surface area contributed by atoms with Crippen molar-refractivity contribution in [2.24, 2.45) is 0 Å². The molecule has 8 nitrogen and oxygen atoms in total. The third-order valence-corrected chi connectivity index (χ3v) is 2.68. The molecule has 8 heteroatoms. The van der Waals surface area contributed by atoms with Crippen LogP contribution in [0.15, 0.2) is 18.6 Å². The van der Waals surface area contributed by atoms with Gasteiger partial charge in [0.15, 0.2) is 0 Å². The summed E-state index contributed by atoms with van der Waals surface area (Å²) in [4.78, 5) is 18.7. The van der Waals surface area contributed by atoms with Crippen LogP contribution in [0, 0.1) is 17.0 Å². The van der Waals surface area contributed by atoms with Crippen molar-refractivity contribution in [3.63, 3.8) is 0 Å². The summed E-state index contributed by atoms with van der Waals surface area (Å²) in [5.41, 5.74) is 1.23. The average Bonchev–Trinajstić information content (AvgIpc) is 2.79. The highest BCUT2D eigenvalue weighted by Gasteiger charge is 2.17. The molecule has 0 aromatic carbocycles. The molecule has 0 fully saturated rings. The van der Waals surface area contributed by atoms with Gasteiger partial charge in [0.1, 0.15) is 12.4 Å². The fourth-order valence-corrected chi connectivity index (χ4v) is 1.72. The van der Waals surface area contributed by atoms with Crippen LogP contribution in [0.1, 0.15) is 24.6 Å². The maximum atomic E-state index is 10.7. The first-order chi connectivity index (χ1) is 9.60. The third-order valence-electron chi connectivity index (χ3n) is 2.68. The Kier molecular flexibility index (Phi) is 4.24. The number of aryl methyl sites for hydroxylation is 1. The van der Waals surface area contributed by atoms with E-state index in [9.17, 15) is 10.1 Å².